The van der Waals surface area contributed by atoms with Crippen molar-refractivity contribution in [1.29, 1.82) is 0 Å². The van der Waals surface area contributed by atoms with E-state index in [1.165, 1.54) is 0 Å². The second kappa shape index (κ2) is 11.2. The van der Waals surface area contributed by atoms with Gasteiger partial charge in [0.25, 0.3) is 10.1 Å². The predicted molar refractivity (Wildman–Crippen MR) is 151 cm³/mol. The molecule has 7 heteroatoms. The Morgan fingerprint density at radius 2 is 1.76 bits per heavy atom. The van der Waals surface area contributed by atoms with Crippen LogP contribution in [-0.4, -0.2) is 24.8 Å². The van der Waals surface area contributed by atoms with E-state index in [-0.39, 0.29) is 0 Å². The zero-order chi connectivity index (χ0) is 26.6. The Morgan fingerprint density at radius 1 is 1.00 bits per heavy atom. The Kier molecular flexibility index (Phi) is 8.14. The highest BCUT2D eigenvalue weighted by Crippen LogP contribution is 2.28. The third-order valence-electron chi connectivity index (χ3n) is 6.02. The number of hydrogen-bond donors (Lipinski definition) is 1. The fraction of sp³-hybridized carbons (Fsp3) is 0.233. The summed E-state index contributed by atoms with van der Waals surface area (Å²) in [5, 5.41) is 12.0. The SMILES string of the molecule is CC(C)(O)c1cccc(CCC(OS(C)(=O)=O)c2cccc(C=Cc3ccc4ccc(Cl)cc4n3)c2)c1. The number of aryl methyl sites for hydroxylation is 1. The smallest absolute Gasteiger partial charge is 0.264 e. The van der Waals surface area contributed by atoms with Gasteiger partial charge < -0.3 is 5.11 Å². The lowest BCUT2D eigenvalue weighted by molar-refractivity contribution is 0.0785. The summed E-state index contributed by atoms with van der Waals surface area (Å²) in [6.07, 6.45) is 5.32. The molecule has 0 radical (unpaired) electrons. The molecule has 4 aromatic rings. The van der Waals surface area contributed by atoms with Crippen molar-refractivity contribution < 1.29 is 17.7 Å². The molecule has 37 heavy (non-hydrogen) atoms. The standard InChI is InChI=1S/C30H30ClNO4S/c1-30(2,33)25-9-5-7-22(19-25)11-17-29(36-37(3,34)35)24-8-4-6-21(18-24)10-15-27-16-13-23-12-14-26(31)20-28(23)32-27/h4-10,12-16,18-20,29,33H,11,17H2,1-3H3. The van der Waals surface area contributed by atoms with Gasteiger partial charge in [0.05, 0.1) is 23.1 Å². The third-order valence-corrected chi connectivity index (χ3v) is 6.84. The molecule has 0 aliphatic carbocycles. The van der Waals surface area contributed by atoms with Gasteiger partial charge in [0.1, 0.15) is 6.10 Å². The number of aliphatic hydroxyl groups is 1. The molecular formula is C30H30ClNO4S. The highest BCUT2D eigenvalue weighted by molar-refractivity contribution is 7.86. The Morgan fingerprint density at radius 3 is 2.51 bits per heavy atom. The quantitative estimate of drug-likeness (QED) is 0.235. The second-order valence-corrected chi connectivity index (χ2v) is 11.7. The third kappa shape index (κ3) is 7.73. The molecule has 1 heterocycles. The number of halogens is 1. The van der Waals surface area contributed by atoms with Crippen molar-refractivity contribution in [2.75, 3.05) is 6.26 Å². The van der Waals surface area contributed by atoms with Crippen LogP contribution >= 0.6 is 11.6 Å². The van der Waals surface area contributed by atoms with Crippen LogP contribution in [0.4, 0.5) is 0 Å². The van der Waals surface area contributed by atoms with Gasteiger partial charge >= 0.3 is 0 Å². The van der Waals surface area contributed by atoms with Gasteiger partial charge in [-0.3, -0.25) is 4.18 Å². The summed E-state index contributed by atoms with van der Waals surface area (Å²) in [5.74, 6) is 0. The van der Waals surface area contributed by atoms with Crippen molar-refractivity contribution in [1.82, 2.24) is 4.98 Å². The molecule has 1 atom stereocenters. The maximum absolute atomic E-state index is 12.1. The summed E-state index contributed by atoms with van der Waals surface area (Å²) in [6, 6.07) is 24.9. The number of benzene rings is 3. The van der Waals surface area contributed by atoms with Crippen LogP contribution in [0, 0.1) is 0 Å². The molecule has 1 unspecified atom stereocenters. The van der Waals surface area contributed by atoms with Crippen LogP contribution in [0.15, 0.2) is 78.9 Å². The fourth-order valence-electron chi connectivity index (χ4n) is 4.13. The van der Waals surface area contributed by atoms with E-state index in [1.54, 1.807) is 13.8 Å². The molecule has 5 nitrogen and oxygen atoms in total. The number of aromatic nitrogens is 1. The van der Waals surface area contributed by atoms with Crippen LogP contribution in [0.1, 0.15) is 54.3 Å². The zero-order valence-electron chi connectivity index (χ0n) is 21.1. The number of nitrogens with zero attached hydrogens (tertiary/aromatic N) is 1. The lowest BCUT2D eigenvalue weighted by Gasteiger charge is -2.20. The topological polar surface area (TPSA) is 76.5 Å². The summed E-state index contributed by atoms with van der Waals surface area (Å²) < 4.78 is 29.6. The van der Waals surface area contributed by atoms with Crippen LogP contribution in [-0.2, 0) is 26.3 Å². The van der Waals surface area contributed by atoms with Crippen LogP contribution in [0.2, 0.25) is 5.02 Å². The van der Waals surface area contributed by atoms with E-state index in [9.17, 15) is 13.5 Å². The Labute approximate surface area is 223 Å². The minimum absolute atomic E-state index is 0.461. The zero-order valence-corrected chi connectivity index (χ0v) is 22.6. The Balaban J connectivity index is 1.55. The molecular weight excluding hydrogens is 506 g/mol. The molecule has 1 aromatic heterocycles. The van der Waals surface area contributed by atoms with Gasteiger partial charge in [-0.15, -0.1) is 0 Å². The maximum atomic E-state index is 12.1. The number of hydrogen-bond acceptors (Lipinski definition) is 5. The van der Waals surface area contributed by atoms with E-state index in [1.807, 2.05) is 91.0 Å². The predicted octanol–water partition coefficient (Wildman–Crippen LogP) is 6.94. The van der Waals surface area contributed by atoms with Gasteiger partial charge in [-0.2, -0.15) is 8.42 Å². The summed E-state index contributed by atoms with van der Waals surface area (Å²) >= 11 is 6.11. The average molecular weight is 536 g/mol. The molecule has 0 aliphatic rings. The largest absolute Gasteiger partial charge is 0.386 e. The molecule has 0 spiro atoms. The summed E-state index contributed by atoms with van der Waals surface area (Å²) in [6.45, 7) is 3.48. The molecule has 0 bridgehead atoms. The molecule has 0 saturated carbocycles. The van der Waals surface area contributed by atoms with Gasteiger partial charge in [0.15, 0.2) is 0 Å². The van der Waals surface area contributed by atoms with Crippen molar-refractivity contribution in [3.63, 3.8) is 0 Å². The van der Waals surface area contributed by atoms with Crippen LogP contribution in [0.5, 0.6) is 0 Å². The first-order valence-electron chi connectivity index (χ1n) is 12.0. The monoisotopic (exact) mass is 535 g/mol. The molecule has 3 aromatic carbocycles. The van der Waals surface area contributed by atoms with Crippen molar-refractivity contribution in [2.45, 2.75) is 38.4 Å². The van der Waals surface area contributed by atoms with Crippen LogP contribution in [0.25, 0.3) is 23.1 Å². The molecule has 0 aliphatic heterocycles. The van der Waals surface area contributed by atoms with Gasteiger partial charge in [0.2, 0.25) is 0 Å². The van der Waals surface area contributed by atoms with Gasteiger partial charge in [0, 0.05) is 10.4 Å². The van der Waals surface area contributed by atoms with Crippen LogP contribution < -0.4 is 0 Å². The number of pyridine rings is 1. The average Bonchev–Trinajstić information content (AvgIpc) is 2.84. The molecule has 0 fully saturated rings. The minimum Gasteiger partial charge on any atom is -0.386 e. The summed E-state index contributed by atoms with van der Waals surface area (Å²) in [4.78, 5) is 4.65. The molecule has 0 saturated heterocycles. The van der Waals surface area contributed by atoms with E-state index in [0.29, 0.717) is 17.9 Å². The van der Waals surface area contributed by atoms with Gasteiger partial charge in [-0.05, 0) is 79.3 Å². The first-order chi connectivity index (χ1) is 17.5. The van der Waals surface area contributed by atoms with Gasteiger partial charge in [-0.25, -0.2) is 4.98 Å². The van der Waals surface area contributed by atoms with Crippen LogP contribution in [0.3, 0.4) is 0 Å². The highest BCUT2D eigenvalue weighted by atomic mass is 35.5. The van der Waals surface area contributed by atoms with Crippen molar-refractivity contribution >= 4 is 44.8 Å². The molecule has 1 N–H and O–H groups in total. The summed E-state index contributed by atoms with van der Waals surface area (Å²) in [7, 11) is -3.68. The maximum Gasteiger partial charge on any atom is 0.264 e. The fourth-order valence-corrected chi connectivity index (χ4v) is 4.93. The van der Waals surface area contributed by atoms with Crippen molar-refractivity contribution in [2.24, 2.45) is 0 Å². The van der Waals surface area contributed by atoms with E-state index in [0.717, 1.165) is 45.1 Å². The first kappa shape index (κ1) is 27.0. The Bertz CT molecular complexity index is 1540. The number of fused-ring (bicyclic) bond motifs is 1. The van der Waals surface area contributed by atoms with Gasteiger partial charge in [-0.1, -0.05) is 72.3 Å². The van der Waals surface area contributed by atoms with E-state index < -0.39 is 21.8 Å². The number of rotatable bonds is 9. The lowest BCUT2D eigenvalue weighted by atomic mass is 9.94. The second-order valence-electron chi connectivity index (χ2n) is 9.66. The minimum atomic E-state index is -3.68. The van der Waals surface area contributed by atoms with E-state index in [4.69, 9.17) is 15.8 Å². The molecule has 4 rings (SSSR count). The lowest BCUT2D eigenvalue weighted by Crippen LogP contribution is -2.16. The molecule has 192 valence electrons. The van der Waals surface area contributed by atoms with E-state index in [2.05, 4.69) is 4.98 Å². The summed E-state index contributed by atoms with van der Waals surface area (Å²) in [5.41, 5.74) is 4.13. The normalized spacial score (nSPS) is 13.3. The van der Waals surface area contributed by atoms with Crippen molar-refractivity contribution in [3.05, 3.63) is 112 Å². The Hall–Kier alpha value is -3.03. The first-order valence-corrected chi connectivity index (χ1v) is 14.2. The highest BCUT2D eigenvalue weighted by Gasteiger charge is 2.20. The molecule has 0 amide bonds. The van der Waals surface area contributed by atoms with Crippen molar-refractivity contribution in [3.8, 4) is 0 Å². The van der Waals surface area contributed by atoms with E-state index >= 15 is 0 Å².